The molecule has 33 heavy (non-hydrogen) atoms. The minimum atomic E-state index is 0.221. The third kappa shape index (κ3) is 3.23. The largest absolute Gasteiger partial charge is 0.308 e. The fourth-order valence-electron chi connectivity index (χ4n) is 5.20. The molecule has 6 rings (SSSR count). The fraction of sp³-hybridized carbons (Fsp3) is 0.269. The molecule has 0 saturated carbocycles. The highest BCUT2D eigenvalue weighted by molar-refractivity contribution is 5.79. The molecule has 2 aromatic carbocycles. The molecule has 7 heteroatoms. The van der Waals surface area contributed by atoms with Gasteiger partial charge >= 0.3 is 0 Å². The number of pyridine rings is 1. The lowest BCUT2D eigenvalue weighted by Gasteiger charge is -2.14. The van der Waals surface area contributed by atoms with Gasteiger partial charge in [0.1, 0.15) is 17.2 Å². The first kappa shape index (κ1) is 19.8. The van der Waals surface area contributed by atoms with E-state index >= 15 is 0 Å². The van der Waals surface area contributed by atoms with Crippen LogP contribution in [-0.4, -0.2) is 35.2 Å². The third-order valence-corrected chi connectivity index (χ3v) is 6.66. The molecule has 0 radical (unpaired) electrons. The highest BCUT2D eigenvalue weighted by Crippen LogP contribution is 2.46. The molecule has 164 valence electrons. The number of nitrogens with one attached hydrogen (secondary N) is 1. The summed E-state index contributed by atoms with van der Waals surface area (Å²) in [5, 5.41) is 14.6. The van der Waals surface area contributed by atoms with Crippen LogP contribution in [0.15, 0.2) is 48.5 Å². The normalized spacial score (nSPS) is 14.6. The molecule has 0 spiro atoms. The molecule has 0 bridgehead atoms. The zero-order chi connectivity index (χ0) is 22.5. The van der Waals surface area contributed by atoms with Gasteiger partial charge in [-0.05, 0) is 63.7 Å². The Hall–Kier alpha value is -3.87. The Morgan fingerprint density at radius 3 is 2.64 bits per heavy atom. The minimum absolute atomic E-state index is 0.221. The van der Waals surface area contributed by atoms with Gasteiger partial charge in [0.15, 0.2) is 5.65 Å². The topological polar surface area (TPSA) is 85.2 Å². The van der Waals surface area contributed by atoms with Crippen LogP contribution in [0.2, 0.25) is 0 Å². The van der Waals surface area contributed by atoms with E-state index in [0.717, 1.165) is 47.9 Å². The van der Waals surface area contributed by atoms with Gasteiger partial charge in [-0.25, -0.2) is 15.1 Å². The van der Waals surface area contributed by atoms with Crippen LogP contribution >= 0.6 is 0 Å². The second kappa shape index (κ2) is 7.62. The van der Waals surface area contributed by atoms with Gasteiger partial charge in [-0.15, -0.1) is 5.10 Å². The highest BCUT2D eigenvalue weighted by atomic mass is 15.5. The van der Waals surface area contributed by atoms with Gasteiger partial charge in [-0.2, -0.15) is 0 Å². The van der Waals surface area contributed by atoms with Gasteiger partial charge < -0.3 is 4.57 Å². The van der Waals surface area contributed by atoms with Crippen molar-refractivity contribution in [3.63, 3.8) is 0 Å². The molecule has 1 N–H and O–H groups in total. The van der Waals surface area contributed by atoms with Crippen LogP contribution in [-0.2, 0) is 19.4 Å². The van der Waals surface area contributed by atoms with Gasteiger partial charge in [-0.1, -0.05) is 49.4 Å². The Morgan fingerprint density at radius 2 is 1.82 bits per heavy atom. The number of fused-ring (bicyclic) bond motifs is 4. The van der Waals surface area contributed by atoms with E-state index in [2.05, 4.69) is 87.6 Å². The van der Waals surface area contributed by atoms with E-state index in [0.29, 0.717) is 0 Å². The molecular weight excluding hydrogens is 410 g/mol. The third-order valence-electron chi connectivity index (χ3n) is 6.66. The number of nitrogens with zero attached hydrogens (tertiary/aromatic N) is 6. The van der Waals surface area contributed by atoms with E-state index in [1.165, 1.54) is 33.4 Å². The first-order valence-corrected chi connectivity index (χ1v) is 11.4. The number of H-pyrrole nitrogens is 1. The highest BCUT2D eigenvalue weighted by Gasteiger charge is 2.29. The number of imidazole rings is 1. The second-order valence-electron chi connectivity index (χ2n) is 8.83. The predicted octanol–water partition coefficient (Wildman–Crippen LogP) is 4.53. The molecule has 5 aromatic rings. The van der Waals surface area contributed by atoms with Crippen molar-refractivity contribution >= 4 is 11.2 Å². The molecule has 1 atom stereocenters. The Balaban J connectivity index is 1.44. The number of benzene rings is 2. The van der Waals surface area contributed by atoms with Gasteiger partial charge in [-0.3, -0.25) is 0 Å². The van der Waals surface area contributed by atoms with E-state index in [1.807, 2.05) is 6.92 Å². The van der Waals surface area contributed by atoms with Crippen molar-refractivity contribution in [1.29, 1.82) is 0 Å². The molecule has 0 aliphatic heterocycles. The molecule has 1 aliphatic carbocycles. The van der Waals surface area contributed by atoms with E-state index in [-0.39, 0.29) is 5.92 Å². The number of aromatic amines is 1. The van der Waals surface area contributed by atoms with Crippen LogP contribution in [0.5, 0.6) is 0 Å². The van der Waals surface area contributed by atoms with Crippen LogP contribution in [0, 0.1) is 13.8 Å². The maximum Gasteiger partial charge on any atom is 0.160 e. The summed E-state index contributed by atoms with van der Waals surface area (Å²) in [5.74, 6) is 2.09. The van der Waals surface area contributed by atoms with Crippen LogP contribution in [0.3, 0.4) is 0 Å². The summed E-state index contributed by atoms with van der Waals surface area (Å²) in [7, 11) is 0. The predicted molar refractivity (Wildman–Crippen MR) is 127 cm³/mol. The van der Waals surface area contributed by atoms with E-state index in [9.17, 15) is 0 Å². The maximum atomic E-state index is 4.91. The van der Waals surface area contributed by atoms with Gasteiger partial charge in [0.05, 0.1) is 6.54 Å². The number of rotatable bonds is 5. The molecule has 0 amide bonds. The van der Waals surface area contributed by atoms with Gasteiger partial charge in [0, 0.05) is 24.5 Å². The lowest BCUT2D eigenvalue weighted by Crippen LogP contribution is -2.07. The number of aromatic nitrogens is 7. The Bertz CT molecular complexity index is 1480. The Labute approximate surface area is 191 Å². The average molecular weight is 436 g/mol. The standard InChI is InChI=1S/C26H25N7/c1-4-24-28-25-15(2)11-16(3)27-26(25)33(24)14-17-9-10-20-18-7-5-6-8-19(18)22(21(20)12-17)13-23-29-31-32-30-23/h5-12,22H,4,13-14H2,1-3H3,(H,29,30,31,32). The summed E-state index contributed by atoms with van der Waals surface area (Å²) in [6, 6.07) is 17.6. The monoisotopic (exact) mass is 435 g/mol. The van der Waals surface area contributed by atoms with E-state index in [4.69, 9.17) is 9.97 Å². The van der Waals surface area contributed by atoms with Crippen molar-refractivity contribution in [1.82, 2.24) is 35.2 Å². The molecular formula is C26H25N7. The van der Waals surface area contributed by atoms with Crippen molar-refractivity contribution < 1.29 is 0 Å². The molecule has 3 aromatic heterocycles. The van der Waals surface area contributed by atoms with Crippen LogP contribution < -0.4 is 0 Å². The van der Waals surface area contributed by atoms with Crippen LogP contribution in [0.4, 0.5) is 0 Å². The van der Waals surface area contributed by atoms with Crippen molar-refractivity contribution in [2.75, 3.05) is 0 Å². The SMILES string of the molecule is CCc1nc2c(C)cc(C)nc2n1Cc1ccc2c(c1)C(Cc1nnn[nH]1)c1ccccc1-2. The summed E-state index contributed by atoms with van der Waals surface area (Å²) >= 11 is 0. The Kier molecular flexibility index (Phi) is 4.57. The van der Waals surface area contributed by atoms with Crippen molar-refractivity contribution in [2.24, 2.45) is 0 Å². The average Bonchev–Trinajstić information content (AvgIpc) is 3.52. The number of aryl methyl sites for hydroxylation is 3. The maximum absolute atomic E-state index is 4.91. The minimum Gasteiger partial charge on any atom is -0.308 e. The number of tetrazole rings is 1. The molecule has 0 saturated heterocycles. The lowest BCUT2D eigenvalue weighted by atomic mass is 9.92. The van der Waals surface area contributed by atoms with E-state index < -0.39 is 0 Å². The summed E-state index contributed by atoms with van der Waals surface area (Å²) in [6.45, 7) is 7.06. The van der Waals surface area contributed by atoms with Crippen molar-refractivity contribution in [2.45, 2.75) is 46.1 Å². The first-order chi connectivity index (χ1) is 16.1. The Morgan fingerprint density at radius 1 is 0.970 bits per heavy atom. The summed E-state index contributed by atoms with van der Waals surface area (Å²) < 4.78 is 2.27. The molecule has 7 nitrogen and oxygen atoms in total. The van der Waals surface area contributed by atoms with E-state index in [1.54, 1.807) is 0 Å². The summed E-state index contributed by atoms with van der Waals surface area (Å²) in [5.41, 5.74) is 10.7. The number of hydrogen-bond acceptors (Lipinski definition) is 5. The zero-order valence-electron chi connectivity index (χ0n) is 19.0. The van der Waals surface area contributed by atoms with Crippen LogP contribution in [0.25, 0.3) is 22.3 Å². The molecule has 3 heterocycles. The summed E-state index contributed by atoms with van der Waals surface area (Å²) in [4.78, 5) is 9.76. The van der Waals surface area contributed by atoms with Crippen molar-refractivity contribution in [3.8, 4) is 11.1 Å². The molecule has 1 aliphatic rings. The van der Waals surface area contributed by atoms with Crippen LogP contribution in [0.1, 0.15) is 52.4 Å². The van der Waals surface area contributed by atoms with Gasteiger partial charge in [0.2, 0.25) is 0 Å². The fourth-order valence-corrected chi connectivity index (χ4v) is 5.20. The number of hydrogen-bond donors (Lipinski definition) is 1. The molecule has 0 fully saturated rings. The first-order valence-electron chi connectivity index (χ1n) is 11.4. The summed E-state index contributed by atoms with van der Waals surface area (Å²) in [6.07, 6.45) is 1.61. The quantitative estimate of drug-likeness (QED) is 0.438. The smallest absolute Gasteiger partial charge is 0.160 e. The molecule has 1 unspecified atom stereocenters. The van der Waals surface area contributed by atoms with Crippen molar-refractivity contribution in [3.05, 3.63) is 88.1 Å². The lowest BCUT2D eigenvalue weighted by molar-refractivity contribution is 0.739. The second-order valence-corrected chi connectivity index (χ2v) is 8.83. The van der Waals surface area contributed by atoms with Gasteiger partial charge in [0.25, 0.3) is 0 Å². The zero-order valence-corrected chi connectivity index (χ0v) is 19.0.